The van der Waals surface area contributed by atoms with Crippen LogP contribution in [0.4, 0.5) is 5.69 Å². The molecule has 106 valence electrons. The Kier molecular flexibility index (Phi) is 3.96. The molecule has 0 bridgehead atoms. The lowest BCUT2D eigenvalue weighted by Crippen LogP contribution is -2.46. The number of nitrogens with zero attached hydrogens (tertiary/aromatic N) is 2. The summed E-state index contributed by atoms with van der Waals surface area (Å²) in [6.07, 6.45) is 7.18. The van der Waals surface area contributed by atoms with Crippen LogP contribution >= 0.6 is 0 Å². The predicted molar refractivity (Wildman–Crippen MR) is 82.6 cm³/mol. The zero-order valence-electron chi connectivity index (χ0n) is 12.4. The Labute approximate surface area is 122 Å². The van der Waals surface area contributed by atoms with Crippen LogP contribution in [0.3, 0.4) is 0 Å². The van der Waals surface area contributed by atoms with Crippen LogP contribution in [0.2, 0.25) is 0 Å². The third-order valence-corrected chi connectivity index (χ3v) is 5.21. The summed E-state index contributed by atoms with van der Waals surface area (Å²) < 4.78 is 0. The van der Waals surface area contributed by atoms with Gasteiger partial charge in [-0.1, -0.05) is 31.5 Å². The highest BCUT2D eigenvalue weighted by molar-refractivity contribution is 5.56. The fraction of sp³-hybridized carbons (Fsp3) is 0.611. The number of fused-ring (bicyclic) bond motifs is 1. The standard InChI is InChI=1S/C18H24N2/c1-2-14-9-10-16(13-19)18(12-14)20-11-5-7-15-6-3-4-8-17(15)20/h3-4,6,8,14,16,18H,2,5,7,9-12H2,1H3. The molecule has 0 N–H and O–H groups in total. The lowest BCUT2D eigenvalue weighted by Gasteiger charge is -2.44. The highest BCUT2D eigenvalue weighted by Gasteiger charge is 2.35. The van der Waals surface area contributed by atoms with E-state index in [1.165, 1.54) is 43.4 Å². The highest BCUT2D eigenvalue weighted by Crippen LogP contribution is 2.38. The summed E-state index contributed by atoms with van der Waals surface area (Å²) >= 11 is 0. The molecule has 0 saturated heterocycles. The van der Waals surface area contributed by atoms with Gasteiger partial charge in [-0.05, 0) is 49.7 Å². The largest absolute Gasteiger partial charge is 0.367 e. The van der Waals surface area contributed by atoms with Crippen molar-refractivity contribution < 1.29 is 0 Å². The van der Waals surface area contributed by atoms with E-state index in [-0.39, 0.29) is 5.92 Å². The van der Waals surface area contributed by atoms with E-state index in [1.807, 2.05) is 0 Å². The van der Waals surface area contributed by atoms with Crippen LogP contribution in [0.15, 0.2) is 24.3 Å². The summed E-state index contributed by atoms with van der Waals surface area (Å²) in [6, 6.07) is 11.8. The third kappa shape index (κ3) is 2.42. The molecule has 0 radical (unpaired) electrons. The molecule has 0 aromatic heterocycles. The number of hydrogen-bond donors (Lipinski definition) is 0. The van der Waals surface area contributed by atoms with Crippen LogP contribution in [-0.4, -0.2) is 12.6 Å². The van der Waals surface area contributed by atoms with Gasteiger partial charge in [0.25, 0.3) is 0 Å². The van der Waals surface area contributed by atoms with Gasteiger partial charge >= 0.3 is 0 Å². The molecule has 1 aliphatic heterocycles. The molecule has 0 amide bonds. The Bertz CT molecular complexity index is 502. The van der Waals surface area contributed by atoms with Gasteiger partial charge in [0.1, 0.15) is 0 Å². The van der Waals surface area contributed by atoms with Crippen LogP contribution in [0.1, 0.15) is 44.6 Å². The first kappa shape index (κ1) is 13.5. The molecule has 1 heterocycles. The minimum Gasteiger partial charge on any atom is -0.367 e. The van der Waals surface area contributed by atoms with Crippen LogP contribution in [0.25, 0.3) is 0 Å². The van der Waals surface area contributed by atoms with E-state index in [1.54, 1.807) is 0 Å². The second-order valence-electron chi connectivity index (χ2n) is 6.32. The van der Waals surface area contributed by atoms with Crippen molar-refractivity contribution in [2.45, 2.75) is 51.5 Å². The Morgan fingerprint density at radius 3 is 2.95 bits per heavy atom. The summed E-state index contributed by atoms with van der Waals surface area (Å²) in [6.45, 7) is 3.41. The third-order valence-electron chi connectivity index (χ3n) is 5.21. The number of rotatable bonds is 2. The van der Waals surface area contributed by atoms with E-state index in [2.05, 4.69) is 42.2 Å². The zero-order chi connectivity index (χ0) is 13.9. The second-order valence-corrected chi connectivity index (χ2v) is 6.32. The van der Waals surface area contributed by atoms with E-state index in [0.717, 1.165) is 18.9 Å². The number of nitriles is 1. The smallest absolute Gasteiger partial charge is 0.0677 e. The summed E-state index contributed by atoms with van der Waals surface area (Å²) in [4.78, 5) is 2.55. The van der Waals surface area contributed by atoms with Gasteiger partial charge in [-0.2, -0.15) is 5.26 Å². The Morgan fingerprint density at radius 1 is 1.30 bits per heavy atom. The SMILES string of the molecule is CCC1CCC(C#N)C(N2CCCc3ccccc32)C1. The van der Waals surface area contributed by atoms with Crippen molar-refractivity contribution in [1.29, 1.82) is 5.26 Å². The lowest BCUT2D eigenvalue weighted by molar-refractivity contribution is 0.258. The zero-order valence-corrected chi connectivity index (χ0v) is 12.4. The molecule has 3 unspecified atom stereocenters. The number of para-hydroxylation sites is 1. The van der Waals surface area contributed by atoms with E-state index in [0.29, 0.717) is 6.04 Å². The molecule has 1 aromatic rings. The maximum Gasteiger partial charge on any atom is 0.0677 e. The molecule has 3 atom stereocenters. The summed E-state index contributed by atoms with van der Waals surface area (Å²) in [5.74, 6) is 1.02. The average molecular weight is 268 g/mol. The summed E-state index contributed by atoms with van der Waals surface area (Å²) in [7, 11) is 0. The molecule has 1 aliphatic carbocycles. The minimum atomic E-state index is 0.212. The van der Waals surface area contributed by atoms with Gasteiger partial charge < -0.3 is 4.90 Å². The monoisotopic (exact) mass is 268 g/mol. The van der Waals surface area contributed by atoms with Crippen molar-refractivity contribution in [3.05, 3.63) is 29.8 Å². The van der Waals surface area contributed by atoms with Gasteiger partial charge in [0.05, 0.1) is 12.0 Å². The summed E-state index contributed by atoms with van der Waals surface area (Å²) in [5.41, 5.74) is 2.86. The fourth-order valence-electron chi connectivity index (χ4n) is 4.00. The van der Waals surface area contributed by atoms with Crippen LogP contribution in [-0.2, 0) is 6.42 Å². The normalized spacial score (nSPS) is 29.6. The molecule has 2 aliphatic rings. The number of aryl methyl sites for hydroxylation is 1. The van der Waals surface area contributed by atoms with Gasteiger partial charge in [0, 0.05) is 18.3 Å². The van der Waals surface area contributed by atoms with Crippen LogP contribution < -0.4 is 4.90 Å². The van der Waals surface area contributed by atoms with Crippen molar-refractivity contribution in [1.82, 2.24) is 0 Å². The molecule has 1 fully saturated rings. The van der Waals surface area contributed by atoms with Crippen molar-refractivity contribution >= 4 is 5.69 Å². The van der Waals surface area contributed by atoms with Crippen molar-refractivity contribution in [3.8, 4) is 6.07 Å². The molecule has 2 heteroatoms. The van der Waals surface area contributed by atoms with Gasteiger partial charge in [0.15, 0.2) is 0 Å². The Morgan fingerprint density at radius 2 is 2.15 bits per heavy atom. The first-order valence-electron chi connectivity index (χ1n) is 8.07. The van der Waals surface area contributed by atoms with E-state index in [4.69, 9.17) is 0 Å². The van der Waals surface area contributed by atoms with Gasteiger partial charge in [0.2, 0.25) is 0 Å². The van der Waals surface area contributed by atoms with Crippen molar-refractivity contribution in [3.63, 3.8) is 0 Å². The highest BCUT2D eigenvalue weighted by atomic mass is 15.2. The van der Waals surface area contributed by atoms with Crippen molar-refractivity contribution in [2.24, 2.45) is 11.8 Å². The first-order valence-corrected chi connectivity index (χ1v) is 8.07. The molecule has 3 rings (SSSR count). The molecular formula is C18H24N2. The molecule has 2 nitrogen and oxygen atoms in total. The number of hydrogen-bond acceptors (Lipinski definition) is 2. The number of benzene rings is 1. The molecule has 1 aromatic carbocycles. The molecule has 1 saturated carbocycles. The molecule has 0 spiro atoms. The Hall–Kier alpha value is -1.49. The maximum absolute atomic E-state index is 9.52. The lowest BCUT2D eigenvalue weighted by atomic mass is 9.76. The fourth-order valence-corrected chi connectivity index (χ4v) is 4.00. The van der Waals surface area contributed by atoms with E-state index < -0.39 is 0 Å². The average Bonchev–Trinajstić information content (AvgIpc) is 2.53. The van der Waals surface area contributed by atoms with Gasteiger partial charge in [-0.25, -0.2) is 0 Å². The molecule has 20 heavy (non-hydrogen) atoms. The number of anilines is 1. The van der Waals surface area contributed by atoms with Crippen molar-refractivity contribution in [2.75, 3.05) is 11.4 Å². The Balaban J connectivity index is 1.89. The van der Waals surface area contributed by atoms with E-state index >= 15 is 0 Å². The predicted octanol–water partition coefficient (Wildman–Crippen LogP) is 4.16. The van der Waals surface area contributed by atoms with E-state index in [9.17, 15) is 5.26 Å². The minimum absolute atomic E-state index is 0.212. The molecular weight excluding hydrogens is 244 g/mol. The van der Waals surface area contributed by atoms with Crippen LogP contribution in [0.5, 0.6) is 0 Å². The maximum atomic E-state index is 9.52. The quantitative estimate of drug-likeness (QED) is 0.805. The summed E-state index contributed by atoms with van der Waals surface area (Å²) in [5, 5.41) is 9.52. The van der Waals surface area contributed by atoms with Gasteiger partial charge in [-0.15, -0.1) is 0 Å². The van der Waals surface area contributed by atoms with Crippen LogP contribution in [0, 0.1) is 23.2 Å². The van der Waals surface area contributed by atoms with Gasteiger partial charge in [-0.3, -0.25) is 0 Å². The topological polar surface area (TPSA) is 27.0 Å². The first-order chi connectivity index (χ1) is 9.83. The second kappa shape index (κ2) is 5.87.